The Labute approximate surface area is 89.5 Å². The van der Waals surface area contributed by atoms with Gasteiger partial charge in [0.05, 0.1) is 25.1 Å². The minimum Gasteiger partial charge on any atom is -0.495 e. The van der Waals surface area contributed by atoms with Gasteiger partial charge in [0.15, 0.2) is 0 Å². The van der Waals surface area contributed by atoms with Crippen molar-refractivity contribution in [3.63, 3.8) is 0 Å². The molecule has 0 bridgehead atoms. The van der Waals surface area contributed by atoms with Gasteiger partial charge in [0.1, 0.15) is 5.75 Å². The Kier molecular flexibility index (Phi) is 2.97. The highest BCUT2D eigenvalue weighted by atomic mass is 16.7. The van der Waals surface area contributed by atoms with E-state index in [2.05, 4.69) is 0 Å². The molecule has 0 aromatic heterocycles. The molecule has 1 saturated heterocycles. The first-order valence-corrected chi connectivity index (χ1v) is 5.15. The Morgan fingerprint density at radius 2 is 2.27 bits per heavy atom. The van der Waals surface area contributed by atoms with Gasteiger partial charge >= 0.3 is 0 Å². The van der Waals surface area contributed by atoms with Crippen LogP contribution < -0.4 is 15.5 Å². The van der Waals surface area contributed by atoms with Crippen LogP contribution in [0.4, 0.5) is 11.4 Å². The maximum absolute atomic E-state index is 5.75. The molecule has 1 fully saturated rings. The number of benzene rings is 1. The number of rotatable bonds is 2. The van der Waals surface area contributed by atoms with Gasteiger partial charge in [-0.1, -0.05) is 0 Å². The first kappa shape index (κ1) is 10.1. The van der Waals surface area contributed by atoms with E-state index in [0.717, 1.165) is 31.7 Å². The second kappa shape index (κ2) is 4.40. The van der Waals surface area contributed by atoms with E-state index in [-0.39, 0.29) is 0 Å². The van der Waals surface area contributed by atoms with Crippen LogP contribution in [0, 0.1) is 0 Å². The van der Waals surface area contributed by atoms with Gasteiger partial charge in [0.2, 0.25) is 0 Å². The van der Waals surface area contributed by atoms with Crippen LogP contribution in [0.15, 0.2) is 18.2 Å². The topological polar surface area (TPSA) is 47.7 Å². The Morgan fingerprint density at radius 1 is 1.40 bits per heavy atom. The summed E-state index contributed by atoms with van der Waals surface area (Å²) >= 11 is 0. The third-order valence-corrected chi connectivity index (χ3v) is 2.51. The van der Waals surface area contributed by atoms with Gasteiger partial charge in [-0.15, -0.1) is 0 Å². The summed E-state index contributed by atoms with van der Waals surface area (Å²) in [7, 11) is 1.62. The van der Waals surface area contributed by atoms with Crippen molar-refractivity contribution in [2.24, 2.45) is 0 Å². The van der Waals surface area contributed by atoms with Crippen molar-refractivity contribution in [2.75, 3.05) is 31.1 Å². The van der Waals surface area contributed by atoms with E-state index in [9.17, 15) is 0 Å². The lowest BCUT2D eigenvalue weighted by Gasteiger charge is -2.28. The summed E-state index contributed by atoms with van der Waals surface area (Å²) in [6, 6.07) is 5.69. The third kappa shape index (κ3) is 2.15. The molecule has 1 aromatic rings. The van der Waals surface area contributed by atoms with Gasteiger partial charge in [0, 0.05) is 12.6 Å². The summed E-state index contributed by atoms with van der Waals surface area (Å²) in [5.74, 6) is 0.696. The first-order chi connectivity index (χ1) is 7.31. The Balaban J connectivity index is 2.20. The highest BCUT2D eigenvalue weighted by molar-refractivity contribution is 5.61. The van der Waals surface area contributed by atoms with Crippen molar-refractivity contribution in [3.05, 3.63) is 18.2 Å². The molecule has 15 heavy (non-hydrogen) atoms. The molecular formula is C11H16N2O2. The van der Waals surface area contributed by atoms with Crippen molar-refractivity contribution in [2.45, 2.75) is 12.8 Å². The second-order valence-electron chi connectivity index (χ2n) is 3.57. The highest BCUT2D eigenvalue weighted by Crippen LogP contribution is 2.28. The number of hydroxylamine groups is 1. The molecule has 2 N–H and O–H groups in total. The minimum absolute atomic E-state index is 0.651. The molecule has 0 amide bonds. The van der Waals surface area contributed by atoms with Gasteiger partial charge in [-0.05, 0) is 25.0 Å². The predicted octanol–water partition coefficient (Wildman–Crippen LogP) is 1.81. The summed E-state index contributed by atoms with van der Waals surface area (Å²) in [6.45, 7) is 1.71. The summed E-state index contributed by atoms with van der Waals surface area (Å²) in [5, 5.41) is 1.89. The number of ether oxygens (including phenoxy) is 1. The SMILES string of the molecule is COc1cc(N2CCCCO2)ccc1N. The fourth-order valence-corrected chi connectivity index (χ4v) is 1.66. The van der Waals surface area contributed by atoms with E-state index in [4.69, 9.17) is 15.3 Å². The molecule has 0 saturated carbocycles. The van der Waals surface area contributed by atoms with Crippen LogP contribution in [-0.2, 0) is 4.84 Å². The minimum atomic E-state index is 0.651. The van der Waals surface area contributed by atoms with Gasteiger partial charge in [-0.3, -0.25) is 9.90 Å². The quantitative estimate of drug-likeness (QED) is 0.753. The van der Waals surface area contributed by atoms with E-state index >= 15 is 0 Å². The predicted molar refractivity (Wildman–Crippen MR) is 59.9 cm³/mol. The van der Waals surface area contributed by atoms with Crippen LogP contribution in [0.2, 0.25) is 0 Å². The van der Waals surface area contributed by atoms with Crippen molar-refractivity contribution < 1.29 is 9.57 Å². The van der Waals surface area contributed by atoms with E-state index in [0.29, 0.717) is 11.4 Å². The second-order valence-corrected chi connectivity index (χ2v) is 3.57. The number of nitrogens with zero attached hydrogens (tertiary/aromatic N) is 1. The number of methoxy groups -OCH3 is 1. The fraction of sp³-hybridized carbons (Fsp3) is 0.455. The zero-order valence-corrected chi connectivity index (χ0v) is 8.90. The molecule has 2 rings (SSSR count). The number of nitrogen functional groups attached to an aromatic ring is 1. The normalized spacial score (nSPS) is 16.5. The summed E-state index contributed by atoms with van der Waals surface area (Å²) in [4.78, 5) is 5.54. The van der Waals surface area contributed by atoms with Crippen LogP contribution in [0.3, 0.4) is 0 Å². The van der Waals surface area contributed by atoms with Crippen molar-refractivity contribution in [1.29, 1.82) is 0 Å². The molecule has 4 heteroatoms. The fourth-order valence-electron chi connectivity index (χ4n) is 1.66. The number of hydrogen-bond donors (Lipinski definition) is 1. The molecule has 0 radical (unpaired) electrons. The van der Waals surface area contributed by atoms with Crippen molar-refractivity contribution >= 4 is 11.4 Å². The zero-order valence-electron chi connectivity index (χ0n) is 8.90. The van der Waals surface area contributed by atoms with Crippen LogP contribution in [-0.4, -0.2) is 20.3 Å². The van der Waals surface area contributed by atoms with Crippen LogP contribution in [0.25, 0.3) is 0 Å². The summed E-state index contributed by atoms with van der Waals surface area (Å²) < 4.78 is 5.17. The first-order valence-electron chi connectivity index (χ1n) is 5.15. The monoisotopic (exact) mass is 208 g/mol. The molecule has 82 valence electrons. The highest BCUT2D eigenvalue weighted by Gasteiger charge is 2.13. The van der Waals surface area contributed by atoms with Crippen molar-refractivity contribution in [3.8, 4) is 5.75 Å². The van der Waals surface area contributed by atoms with Crippen LogP contribution >= 0.6 is 0 Å². The van der Waals surface area contributed by atoms with E-state index in [1.165, 1.54) is 0 Å². The Morgan fingerprint density at radius 3 is 2.93 bits per heavy atom. The molecular weight excluding hydrogens is 192 g/mol. The Hall–Kier alpha value is -1.42. The molecule has 1 heterocycles. The maximum Gasteiger partial charge on any atom is 0.143 e. The zero-order chi connectivity index (χ0) is 10.7. The largest absolute Gasteiger partial charge is 0.495 e. The third-order valence-electron chi connectivity index (χ3n) is 2.51. The summed E-state index contributed by atoms with van der Waals surface area (Å²) in [6.07, 6.45) is 2.29. The number of nitrogens with two attached hydrogens (primary N) is 1. The molecule has 0 atom stereocenters. The maximum atomic E-state index is 5.75. The smallest absolute Gasteiger partial charge is 0.143 e. The average molecular weight is 208 g/mol. The van der Waals surface area contributed by atoms with Crippen LogP contribution in [0.1, 0.15) is 12.8 Å². The molecule has 0 spiro atoms. The lowest BCUT2D eigenvalue weighted by atomic mass is 10.2. The van der Waals surface area contributed by atoms with Gasteiger partial charge in [0.25, 0.3) is 0 Å². The van der Waals surface area contributed by atoms with Crippen molar-refractivity contribution in [1.82, 2.24) is 0 Å². The molecule has 0 unspecified atom stereocenters. The number of hydrogen-bond acceptors (Lipinski definition) is 4. The van der Waals surface area contributed by atoms with Gasteiger partial charge in [-0.25, -0.2) is 0 Å². The molecule has 1 aliphatic heterocycles. The lowest BCUT2D eigenvalue weighted by molar-refractivity contribution is 0.0777. The van der Waals surface area contributed by atoms with E-state index < -0.39 is 0 Å². The average Bonchev–Trinajstić information content (AvgIpc) is 2.31. The van der Waals surface area contributed by atoms with Gasteiger partial charge < -0.3 is 10.5 Å². The van der Waals surface area contributed by atoms with E-state index in [1.54, 1.807) is 7.11 Å². The standard InChI is InChI=1S/C11H16N2O2/c1-14-11-8-9(4-5-10(11)12)13-6-2-3-7-15-13/h4-5,8H,2-3,6-7,12H2,1H3. The molecule has 4 nitrogen and oxygen atoms in total. The molecule has 1 aliphatic rings. The molecule has 1 aromatic carbocycles. The number of anilines is 2. The Bertz CT molecular complexity index is 335. The van der Waals surface area contributed by atoms with E-state index in [1.807, 2.05) is 23.3 Å². The summed E-state index contributed by atoms with van der Waals surface area (Å²) in [5.41, 5.74) is 7.40. The molecule has 0 aliphatic carbocycles. The van der Waals surface area contributed by atoms with Crippen LogP contribution in [0.5, 0.6) is 5.75 Å². The lowest BCUT2D eigenvalue weighted by Crippen LogP contribution is -2.29. The van der Waals surface area contributed by atoms with Gasteiger partial charge in [-0.2, -0.15) is 0 Å².